The number of hydrogen-bond donors (Lipinski definition) is 2. The van der Waals surface area contributed by atoms with E-state index >= 15 is 0 Å². The molecular formula is C8H13N5O. The summed E-state index contributed by atoms with van der Waals surface area (Å²) >= 11 is 0. The van der Waals surface area contributed by atoms with E-state index < -0.39 is 0 Å². The smallest absolute Gasteiger partial charge is 0.145 e. The van der Waals surface area contributed by atoms with E-state index in [-0.39, 0.29) is 0 Å². The number of ether oxygens (including phenoxy) is 1. The minimum Gasteiger partial charge on any atom is -0.383 e. The predicted octanol–water partition coefficient (Wildman–Crippen LogP) is -0.667. The van der Waals surface area contributed by atoms with Gasteiger partial charge in [0.15, 0.2) is 0 Å². The van der Waals surface area contributed by atoms with Crippen molar-refractivity contribution in [1.82, 2.24) is 15.4 Å². The Morgan fingerprint density at radius 2 is 2.29 bits per heavy atom. The number of amidine groups is 1. The van der Waals surface area contributed by atoms with E-state index in [9.17, 15) is 0 Å². The third-order valence-corrected chi connectivity index (χ3v) is 1.54. The highest BCUT2D eigenvalue weighted by molar-refractivity contribution is 5.97. The number of hydrogen-bond acceptors (Lipinski definition) is 5. The van der Waals surface area contributed by atoms with E-state index in [1.807, 2.05) is 0 Å². The van der Waals surface area contributed by atoms with E-state index in [4.69, 9.17) is 10.6 Å². The Hall–Kier alpha value is -1.53. The van der Waals surface area contributed by atoms with Crippen LogP contribution in [0.2, 0.25) is 0 Å². The second-order valence-electron chi connectivity index (χ2n) is 2.49. The minimum absolute atomic E-state index is 0.547. The molecule has 0 saturated carbocycles. The Morgan fingerprint density at radius 3 is 2.86 bits per heavy atom. The van der Waals surface area contributed by atoms with Crippen LogP contribution in [-0.4, -0.2) is 36.1 Å². The summed E-state index contributed by atoms with van der Waals surface area (Å²) < 4.78 is 4.87. The van der Waals surface area contributed by atoms with Crippen molar-refractivity contribution in [2.75, 3.05) is 20.3 Å². The molecule has 0 bridgehead atoms. The molecule has 0 aromatic carbocycles. The van der Waals surface area contributed by atoms with Gasteiger partial charge in [-0.1, -0.05) is 0 Å². The lowest BCUT2D eigenvalue weighted by Gasteiger charge is -2.04. The van der Waals surface area contributed by atoms with Crippen molar-refractivity contribution in [2.45, 2.75) is 0 Å². The molecule has 1 aromatic heterocycles. The molecule has 0 radical (unpaired) electrons. The van der Waals surface area contributed by atoms with E-state index in [0.29, 0.717) is 19.0 Å². The molecule has 0 atom stereocenters. The normalized spacial score (nSPS) is 11.4. The molecule has 3 N–H and O–H groups in total. The lowest BCUT2D eigenvalue weighted by Crippen LogP contribution is -2.31. The fraction of sp³-hybridized carbons (Fsp3) is 0.375. The van der Waals surface area contributed by atoms with Crippen LogP contribution in [0.25, 0.3) is 0 Å². The lowest BCUT2D eigenvalue weighted by molar-refractivity contribution is 0.208. The van der Waals surface area contributed by atoms with E-state index in [1.165, 1.54) is 6.33 Å². The van der Waals surface area contributed by atoms with Gasteiger partial charge in [-0.25, -0.2) is 15.8 Å². The third-order valence-electron chi connectivity index (χ3n) is 1.54. The van der Waals surface area contributed by atoms with Crippen molar-refractivity contribution >= 4 is 5.84 Å². The molecule has 0 amide bonds. The fourth-order valence-electron chi connectivity index (χ4n) is 0.890. The van der Waals surface area contributed by atoms with Crippen LogP contribution in [0.3, 0.4) is 0 Å². The maximum Gasteiger partial charge on any atom is 0.145 e. The summed E-state index contributed by atoms with van der Waals surface area (Å²) in [5, 5.41) is 0. The number of rotatable bonds is 4. The summed E-state index contributed by atoms with van der Waals surface area (Å²) in [6.45, 7) is 1.10. The molecule has 0 unspecified atom stereocenters. The quantitative estimate of drug-likeness (QED) is 0.219. The highest BCUT2D eigenvalue weighted by atomic mass is 16.5. The summed E-state index contributed by atoms with van der Waals surface area (Å²) in [4.78, 5) is 11.9. The third kappa shape index (κ3) is 3.08. The summed E-state index contributed by atoms with van der Waals surface area (Å²) in [6, 6.07) is 0. The molecule has 6 nitrogen and oxygen atoms in total. The van der Waals surface area contributed by atoms with Crippen molar-refractivity contribution in [1.29, 1.82) is 0 Å². The minimum atomic E-state index is 0.547. The summed E-state index contributed by atoms with van der Waals surface area (Å²) in [7, 11) is 1.62. The molecule has 6 heteroatoms. The zero-order valence-electron chi connectivity index (χ0n) is 7.97. The summed E-state index contributed by atoms with van der Waals surface area (Å²) in [5.74, 6) is 5.87. The van der Waals surface area contributed by atoms with Gasteiger partial charge in [-0.3, -0.25) is 4.99 Å². The van der Waals surface area contributed by atoms with Crippen LogP contribution in [0.1, 0.15) is 5.56 Å². The van der Waals surface area contributed by atoms with Crippen LogP contribution in [0.4, 0.5) is 0 Å². The van der Waals surface area contributed by atoms with Crippen molar-refractivity contribution in [3.8, 4) is 0 Å². The van der Waals surface area contributed by atoms with E-state index in [2.05, 4.69) is 20.4 Å². The number of nitrogens with two attached hydrogens (primary N) is 1. The van der Waals surface area contributed by atoms with Crippen molar-refractivity contribution < 1.29 is 4.74 Å². The molecule has 0 spiro atoms. The maximum atomic E-state index is 5.31. The number of aromatic nitrogens is 2. The Kier molecular flexibility index (Phi) is 4.53. The standard InChI is InChI=1S/C8H13N5O/c1-14-3-2-12-8(13-9)7-4-10-6-11-5-7/h4-6H,2-3,9H2,1H3,(H,12,13). The predicted molar refractivity (Wildman–Crippen MR) is 52.6 cm³/mol. The molecule has 0 aliphatic rings. The second-order valence-corrected chi connectivity index (χ2v) is 2.49. The highest BCUT2D eigenvalue weighted by Gasteiger charge is 2.00. The molecule has 1 rings (SSSR count). The van der Waals surface area contributed by atoms with Crippen LogP contribution in [0.15, 0.2) is 23.7 Å². The molecule has 1 heterocycles. The molecule has 1 aromatic rings. The first-order valence-corrected chi connectivity index (χ1v) is 4.14. The van der Waals surface area contributed by atoms with Gasteiger partial charge in [-0.05, 0) is 0 Å². The molecular weight excluding hydrogens is 182 g/mol. The SMILES string of the molecule is COCCN=C(NN)c1cncnc1. The van der Waals surface area contributed by atoms with Gasteiger partial charge >= 0.3 is 0 Å². The molecule has 14 heavy (non-hydrogen) atoms. The van der Waals surface area contributed by atoms with Gasteiger partial charge in [0.2, 0.25) is 0 Å². The molecule has 0 aliphatic heterocycles. The zero-order chi connectivity index (χ0) is 10.2. The summed E-state index contributed by atoms with van der Waals surface area (Å²) in [5.41, 5.74) is 3.25. The van der Waals surface area contributed by atoms with Crippen LogP contribution in [-0.2, 0) is 4.74 Å². The Bertz CT molecular complexity index is 287. The van der Waals surface area contributed by atoms with E-state index in [0.717, 1.165) is 5.56 Å². The van der Waals surface area contributed by atoms with Crippen LogP contribution in [0, 0.1) is 0 Å². The molecule has 0 saturated heterocycles. The van der Waals surface area contributed by atoms with Gasteiger partial charge in [-0.2, -0.15) is 0 Å². The van der Waals surface area contributed by atoms with Crippen molar-refractivity contribution in [2.24, 2.45) is 10.8 Å². The zero-order valence-corrected chi connectivity index (χ0v) is 7.97. The number of nitrogens with one attached hydrogen (secondary N) is 1. The lowest BCUT2D eigenvalue weighted by atomic mass is 10.3. The van der Waals surface area contributed by atoms with Gasteiger partial charge < -0.3 is 10.2 Å². The Labute approximate surface area is 82.2 Å². The van der Waals surface area contributed by atoms with E-state index in [1.54, 1.807) is 19.5 Å². The van der Waals surface area contributed by atoms with Crippen LogP contribution >= 0.6 is 0 Å². The maximum absolute atomic E-state index is 5.31. The first-order chi connectivity index (χ1) is 6.88. The fourth-order valence-corrected chi connectivity index (χ4v) is 0.890. The average molecular weight is 195 g/mol. The van der Waals surface area contributed by atoms with Gasteiger partial charge in [0, 0.05) is 19.5 Å². The number of methoxy groups -OCH3 is 1. The largest absolute Gasteiger partial charge is 0.383 e. The van der Waals surface area contributed by atoms with Crippen molar-refractivity contribution in [3.63, 3.8) is 0 Å². The molecule has 76 valence electrons. The topological polar surface area (TPSA) is 85.4 Å². The second kappa shape index (κ2) is 6.01. The first-order valence-electron chi connectivity index (χ1n) is 4.14. The highest BCUT2D eigenvalue weighted by Crippen LogP contribution is 1.93. The van der Waals surface area contributed by atoms with Crippen LogP contribution < -0.4 is 11.3 Å². The van der Waals surface area contributed by atoms with Gasteiger partial charge in [0.05, 0.1) is 18.7 Å². The monoisotopic (exact) mass is 195 g/mol. The van der Waals surface area contributed by atoms with Crippen molar-refractivity contribution in [3.05, 3.63) is 24.3 Å². The van der Waals surface area contributed by atoms with Crippen LogP contribution in [0.5, 0.6) is 0 Å². The average Bonchev–Trinajstić information content (AvgIpc) is 2.26. The van der Waals surface area contributed by atoms with Gasteiger partial charge in [-0.15, -0.1) is 0 Å². The summed E-state index contributed by atoms with van der Waals surface area (Å²) in [6.07, 6.45) is 4.73. The number of aliphatic imine (C=N–C) groups is 1. The van der Waals surface area contributed by atoms with Gasteiger partial charge in [0.25, 0.3) is 0 Å². The Balaban J connectivity index is 2.67. The molecule has 0 fully saturated rings. The molecule has 0 aliphatic carbocycles. The van der Waals surface area contributed by atoms with Gasteiger partial charge in [0.1, 0.15) is 12.2 Å². The Morgan fingerprint density at radius 1 is 1.57 bits per heavy atom. The number of hydrazine groups is 1. The first kappa shape index (κ1) is 10.6. The number of nitrogens with zero attached hydrogens (tertiary/aromatic N) is 3.